The van der Waals surface area contributed by atoms with Crippen molar-refractivity contribution in [2.75, 3.05) is 6.61 Å². The maximum Gasteiger partial charge on any atom is 1.00 e. The van der Waals surface area contributed by atoms with Gasteiger partial charge in [0.05, 0.1) is 6.61 Å². The smallest absolute Gasteiger partial charge is 0.466 e. The Kier molecular flexibility index (Phi) is 35.1. The number of unbranched alkanes of at least 4 members (excludes halogenated alkanes) is 23. The predicted octanol–water partition coefficient (Wildman–Crippen LogP) is 7.72. The average Bonchev–Trinajstić information content (AvgIpc) is 2.80. The molecule has 0 saturated carbocycles. The zero-order chi connectivity index (χ0) is 23.4. The van der Waals surface area contributed by atoms with Crippen molar-refractivity contribution >= 4 is 5.97 Å². The molecule has 0 fully saturated rings. The second-order valence-electron chi connectivity index (χ2n) is 10.1. The van der Waals surface area contributed by atoms with Crippen LogP contribution in [0, 0.1) is 0 Å². The first kappa shape index (κ1) is 35.6. The molecule has 192 valence electrons. The molecular weight excluding hydrogens is 415 g/mol. The Morgan fingerprint density at radius 1 is 0.424 bits per heavy atom. The van der Waals surface area contributed by atoms with E-state index in [4.69, 9.17) is 4.74 Å². The SMILES string of the molecule is CCCCCCCCCCCCCCCCCC(=O)OCCCCCCCCCCCC.[Na+]. The Balaban J connectivity index is 0. The van der Waals surface area contributed by atoms with Gasteiger partial charge in [0, 0.05) is 6.42 Å². The molecule has 0 amide bonds. The van der Waals surface area contributed by atoms with Crippen LogP contribution in [0.25, 0.3) is 0 Å². The number of hydrogen-bond acceptors (Lipinski definition) is 2. The van der Waals surface area contributed by atoms with E-state index in [0.29, 0.717) is 13.0 Å². The van der Waals surface area contributed by atoms with Crippen LogP contribution in [0.2, 0.25) is 0 Å². The van der Waals surface area contributed by atoms with Crippen LogP contribution in [0.15, 0.2) is 0 Å². The third kappa shape index (κ3) is 32.5. The summed E-state index contributed by atoms with van der Waals surface area (Å²) in [6.45, 7) is 5.19. The van der Waals surface area contributed by atoms with E-state index in [2.05, 4.69) is 13.8 Å². The fourth-order valence-corrected chi connectivity index (χ4v) is 4.49. The Bertz CT molecular complexity index is 359. The molecule has 0 aliphatic rings. The van der Waals surface area contributed by atoms with E-state index in [9.17, 15) is 4.79 Å². The van der Waals surface area contributed by atoms with E-state index in [-0.39, 0.29) is 35.5 Å². The van der Waals surface area contributed by atoms with Crippen molar-refractivity contribution in [1.29, 1.82) is 0 Å². The topological polar surface area (TPSA) is 26.3 Å². The standard InChI is InChI=1S/C30H60O2.Na/c1-3-5-7-9-11-13-15-16-17-18-19-20-22-24-26-28-30(31)32-29-27-25-23-21-14-12-10-8-6-4-2;/h3-29H2,1-2H3;/q;+1. The third-order valence-corrected chi connectivity index (χ3v) is 6.75. The average molecular weight is 476 g/mol. The first-order valence-corrected chi connectivity index (χ1v) is 15.0. The van der Waals surface area contributed by atoms with Crippen LogP contribution in [-0.2, 0) is 9.53 Å². The van der Waals surface area contributed by atoms with Gasteiger partial charge >= 0.3 is 35.5 Å². The first-order valence-electron chi connectivity index (χ1n) is 15.0. The quantitative estimate of drug-likeness (QED) is 0.0690. The molecule has 0 aliphatic heterocycles. The Morgan fingerprint density at radius 2 is 0.697 bits per heavy atom. The molecule has 0 unspecified atom stereocenters. The summed E-state index contributed by atoms with van der Waals surface area (Å²) in [5, 5.41) is 0. The fourth-order valence-electron chi connectivity index (χ4n) is 4.49. The summed E-state index contributed by atoms with van der Waals surface area (Å²) < 4.78 is 5.39. The molecular formula is C30H60NaO2+. The predicted molar refractivity (Wildman–Crippen MR) is 142 cm³/mol. The van der Waals surface area contributed by atoms with Gasteiger partial charge in [0.2, 0.25) is 0 Å². The zero-order valence-electron chi connectivity index (χ0n) is 23.4. The second kappa shape index (κ2) is 32.5. The summed E-state index contributed by atoms with van der Waals surface area (Å²) in [5.41, 5.74) is 0. The van der Waals surface area contributed by atoms with Gasteiger partial charge in [-0.1, -0.05) is 162 Å². The van der Waals surface area contributed by atoms with E-state index in [0.717, 1.165) is 12.8 Å². The summed E-state index contributed by atoms with van der Waals surface area (Å²) in [5.74, 6) is 0.0237. The molecule has 0 aromatic rings. The van der Waals surface area contributed by atoms with Gasteiger partial charge in [-0.3, -0.25) is 4.79 Å². The maximum absolute atomic E-state index is 11.8. The summed E-state index contributed by atoms with van der Waals surface area (Å²) in [4.78, 5) is 11.8. The van der Waals surface area contributed by atoms with Gasteiger partial charge in [-0.05, 0) is 12.8 Å². The van der Waals surface area contributed by atoms with Crippen LogP contribution in [-0.4, -0.2) is 12.6 Å². The molecule has 0 bridgehead atoms. The summed E-state index contributed by atoms with van der Waals surface area (Å²) >= 11 is 0. The molecule has 0 spiro atoms. The van der Waals surface area contributed by atoms with Crippen LogP contribution in [0.1, 0.15) is 181 Å². The van der Waals surface area contributed by atoms with E-state index in [1.165, 1.54) is 148 Å². The number of hydrogen-bond donors (Lipinski definition) is 0. The van der Waals surface area contributed by atoms with Gasteiger partial charge in [-0.2, -0.15) is 0 Å². The number of carbonyl (C=O) groups excluding carboxylic acids is 1. The van der Waals surface area contributed by atoms with Crippen LogP contribution in [0.3, 0.4) is 0 Å². The Morgan fingerprint density at radius 3 is 1.03 bits per heavy atom. The minimum atomic E-state index is 0. The Hall–Kier alpha value is 0.470. The molecule has 0 aliphatic carbocycles. The molecule has 0 saturated heterocycles. The van der Waals surface area contributed by atoms with Crippen molar-refractivity contribution in [3.63, 3.8) is 0 Å². The van der Waals surface area contributed by atoms with Crippen molar-refractivity contribution in [2.24, 2.45) is 0 Å². The maximum atomic E-state index is 11.8. The van der Waals surface area contributed by atoms with Gasteiger partial charge in [-0.15, -0.1) is 0 Å². The zero-order valence-corrected chi connectivity index (χ0v) is 25.4. The first-order chi connectivity index (χ1) is 15.8. The van der Waals surface area contributed by atoms with E-state index in [1.807, 2.05) is 0 Å². The van der Waals surface area contributed by atoms with Gasteiger partial charge in [0.25, 0.3) is 0 Å². The number of ether oxygens (including phenoxy) is 1. The monoisotopic (exact) mass is 475 g/mol. The van der Waals surface area contributed by atoms with Crippen LogP contribution >= 0.6 is 0 Å². The minimum Gasteiger partial charge on any atom is -0.466 e. The van der Waals surface area contributed by atoms with Crippen molar-refractivity contribution in [1.82, 2.24) is 0 Å². The number of esters is 1. The third-order valence-electron chi connectivity index (χ3n) is 6.75. The molecule has 3 heteroatoms. The molecule has 0 aromatic heterocycles. The van der Waals surface area contributed by atoms with Crippen LogP contribution < -0.4 is 29.6 Å². The molecule has 33 heavy (non-hydrogen) atoms. The summed E-state index contributed by atoms with van der Waals surface area (Å²) in [6, 6.07) is 0. The normalized spacial score (nSPS) is 10.8. The number of carbonyl (C=O) groups is 1. The molecule has 0 radical (unpaired) electrons. The van der Waals surface area contributed by atoms with Crippen molar-refractivity contribution in [3.8, 4) is 0 Å². The van der Waals surface area contributed by atoms with E-state index in [1.54, 1.807) is 0 Å². The van der Waals surface area contributed by atoms with E-state index >= 15 is 0 Å². The molecule has 0 N–H and O–H groups in total. The van der Waals surface area contributed by atoms with Crippen LogP contribution in [0.4, 0.5) is 0 Å². The molecule has 0 aromatic carbocycles. The second-order valence-corrected chi connectivity index (χ2v) is 10.1. The molecule has 2 nitrogen and oxygen atoms in total. The van der Waals surface area contributed by atoms with Gasteiger partial charge in [0.15, 0.2) is 0 Å². The fraction of sp³-hybridized carbons (Fsp3) is 0.967. The van der Waals surface area contributed by atoms with Crippen LogP contribution in [0.5, 0.6) is 0 Å². The van der Waals surface area contributed by atoms with Gasteiger partial charge in [0.1, 0.15) is 0 Å². The summed E-state index contributed by atoms with van der Waals surface area (Å²) in [7, 11) is 0. The largest absolute Gasteiger partial charge is 1.00 e. The summed E-state index contributed by atoms with van der Waals surface area (Å²) in [6.07, 6.45) is 34.2. The molecule has 0 rings (SSSR count). The molecule has 0 atom stereocenters. The van der Waals surface area contributed by atoms with Crippen molar-refractivity contribution in [3.05, 3.63) is 0 Å². The number of rotatable bonds is 27. The minimum absolute atomic E-state index is 0. The van der Waals surface area contributed by atoms with Crippen molar-refractivity contribution in [2.45, 2.75) is 181 Å². The van der Waals surface area contributed by atoms with E-state index < -0.39 is 0 Å². The van der Waals surface area contributed by atoms with Crippen molar-refractivity contribution < 1.29 is 39.1 Å². The van der Waals surface area contributed by atoms with Gasteiger partial charge in [-0.25, -0.2) is 0 Å². The Labute approximate surface area is 231 Å². The van der Waals surface area contributed by atoms with Gasteiger partial charge < -0.3 is 4.74 Å². The molecule has 0 heterocycles.